The number of anilines is 2. The third-order valence-electron chi connectivity index (χ3n) is 6.99. The van der Waals surface area contributed by atoms with Crippen LogP contribution in [0.4, 0.5) is 16.2 Å². The summed E-state index contributed by atoms with van der Waals surface area (Å²) in [7, 11) is 1.80. The van der Waals surface area contributed by atoms with E-state index in [2.05, 4.69) is 41.7 Å². The van der Waals surface area contributed by atoms with Gasteiger partial charge in [0.05, 0.1) is 5.02 Å². The van der Waals surface area contributed by atoms with Crippen molar-refractivity contribution in [2.24, 2.45) is 5.10 Å². The molecule has 0 radical (unpaired) electrons. The molecule has 1 unspecified atom stereocenters. The maximum Gasteiger partial charge on any atom is 0.225 e. The van der Waals surface area contributed by atoms with E-state index in [1.807, 2.05) is 19.3 Å². The Labute approximate surface area is 230 Å². The maximum absolute atomic E-state index is 13.3. The average molecular weight is 550 g/mol. The number of benzene rings is 1. The van der Waals surface area contributed by atoms with E-state index in [0.717, 1.165) is 22.5 Å². The van der Waals surface area contributed by atoms with Crippen molar-refractivity contribution in [2.75, 3.05) is 43.0 Å². The fourth-order valence-corrected chi connectivity index (χ4v) is 5.02. The van der Waals surface area contributed by atoms with Gasteiger partial charge in [-0.15, -0.1) is 0 Å². The molecule has 1 aromatic carbocycles. The number of aromatic nitrogens is 5. The number of aliphatic hydroxyl groups is 1. The standard InChI is InChI=1S/C27H29ClFN9O/c1-18(15-35(4)30-3)22-16-38-24(23(22)28)25(33-17-34-38)36-9-11-37(12-10-36)26-31-13-20(14-32-26)27(2,39)19-5-7-21(29)8-6-19/h5-8,13-17,39H,3,9-12H2,1-2,4H3/b18-15+. The van der Waals surface area contributed by atoms with E-state index < -0.39 is 5.60 Å². The monoisotopic (exact) mass is 549 g/mol. The van der Waals surface area contributed by atoms with Gasteiger partial charge in [0.15, 0.2) is 5.82 Å². The number of rotatable bonds is 7. The molecule has 3 aromatic heterocycles. The molecule has 1 saturated heterocycles. The predicted octanol–water partition coefficient (Wildman–Crippen LogP) is 3.80. The number of hydrazone groups is 1. The smallest absolute Gasteiger partial charge is 0.225 e. The van der Waals surface area contributed by atoms with Crippen molar-refractivity contribution in [2.45, 2.75) is 19.4 Å². The van der Waals surface area contributed by atoms with Crippen molar-refractivity contribution in [3.8, 4) is 0 Å². The minimum Gasteiger partial charge on any atom is -0.381 e. The molecule has 1 N–H and O–H groups in total. The number of hydrogen-bond donors (Lipinski definition) is 1. The number of nitrogens with zero attached hydrogens (tertiary/aromatic N) is 9. The molecule has 0 aliphatic carbocycles. The second-order valence-electron chi connectivity index (χ2n) is 9.59. The Hall–Kier alpha value is -4.09. The quantitative estimate of drug-likeness (QED) is 0.274. The first-order valence-electron chi connectivity index (χ1n) is 12.4. The van der Waals surface area contributed by atoms with Gasteiger partial charge in [0.25, 0.3) is 0 Å². The van der Waals surface area contributed by atoms with Crippen molar-refractivity contribution < 1.29 is 9.50 Å². The molecular weight excluding hydrogens is 521 g/mol. The molecule has 0 spiro atoms. The lowest BCUT2D eigenvalue weighted by Crippen LogP contribution is -2.47. The topological polar surface area (TPSA) is 98.3 Å². The summed E-state index contributed by atoms with van der Waals surface area (Å²) >= 11 is 6.83. The van der Waals surface area contributed by atoms with E-state index in [1.54, 1.807) is 48.0 Å². The molecule has 39 heavy (non-hydrogen) atoms. The molecule has 10 nitrogen and oxygen atoms in total. The molecule has 4 heterocycles. The molecule has 1 atom stereocenters. The zero-order chi connectivity index (χ0) is 27.7. The van der Waals surface area contributed by atoms with Gasteiger partial charge in [0.2, 0.25) is 5.95 Å². The summed E-state index contributed by atoms with van der Waals surface area (Å²) in [6.45, 7) is 9.84. The SMILES string of the molecule is C=NN(C)/C=C(\C)c1cn2ncnc(N3CCN(c4ncc(C(C)(O)c5ccc(F)cc5)cn4)CC3)c2c1Cl. The largest absolute Gasteiger partial charge is 0.381 e. The normalized spacial score (nSPS) is 15.9. The molecule has 0 amide bonds. The van der Waals surface area contributed by atoms with Gasteiger partial charge in [0.1, 0.15) is 23.3 Å². The fourth-order valence-electron chi connectivity index (χ4n) is 4.65. The predicted molar refractivity (Wildman–Crippen MR) is 150 cm³/mol. The molecule has 1 fully saturated rings. The molecule has 0 saturated carbocycles. The highest BCUT2D eigenvalue weighted by molar-refractivity contribution is 6.36. The van der Waals surface area contributed by atoms with E-state index in [1.165, 1.54) is 18.5 Å². The van der Waals surface area contributed by atoms with Gasteiger partial charge in [-0.2, -0.15) is 10.2 Å². The first-order valence-corrected chi connectivity index (χ1v) is 12.8. The Kier molecular flexibility index (Phi) is 7.19. The van der Waals surface area contributed by atoms with Crippen LogP contribution in [0.1, 0.15) is 30.5 Å². The van der Waals surface area contributed by atoms with Gasteiger partial charge in [-0.3, -0.25) is 5.01 Å². The Morgan fingerprint density at radius 1 is 1.10 bits per heavy atom. The van der Waals surface area contributed by atoms with Crippen LogP contribution in [-0.4, -0.2) is 74.6 Å². The Balaban J connectivity index is 1.32. The van der Waals surface area contributed by atoms with Crippen LogP contribution in [0.15, 0.2) is 60.5 Å². The van der Waals surface area contributed by atoms with Crippen molar-refractivity contribution in [3.05, 3.63) is 82.9 Å². The molecular formula is C27H29ClFN9O. The third-order valence-corrected chi connectivity index (χ3v) is 7.37. The van der Waals surface area contributed by atoms with Crippen LogP contribution in [-0.2, 0) is 5.60 Å². The van der Waals surface area contributed by atoms with Crippen molar-refractivity contribution in [1.82, 2.24) is 29.6 Å². The summed E-state index contributed by atoms with van der Waals surface area (Å²) in [6, 6.07) is 5.76. The van der Waals surface area contributed by atoms with E-state index in [-0.39, 0.29) is 5.82 Å². The Bertz CT molecular complexity index is 1510. The van der Waals surface area contributed by atoms with Crippen LogP contribution in [0.2, 0.25) is 5.02 Å². The van der Waals surface area contributed by atoms with Crippen LogP contribution in [0.5, 0.6) is 0 Å². The highest BCUT2D eigenvalue weighted by Gasteiger charge is 2.28. The van der Waals surface area contributed by atoms with Crippen LogP contribution in [0.25, 0.3) is 11.1 Å². The summed E-state index contributed by atoms with van der Waals surface area (Å²) in [6.07, 6.45) is 8.49. The number of allylic oxidation sites excluding steroid dienone is 1. The molecule has 1 aliphatic rings. The summed E-state index contributed by atoms with van der Waals surface area (Å²) in [5.41, 5.74) is 2.26. The van der Waals surface area contributed by atoms with E-state index >= 15 is 0 Å². The van der Waals surface area contributed by atoms with Crippen LogP contribution in [0.3, 0.4) is 0 Å². The summed E-state index contributed by atoms with van der Waals surface area (Å²) in [5, 5.41) is 21.5. The lowest BCUT2D eigenvalue weighted by molar-refractivity contribution is 0.101. The van der Waals surface area contributed by atoms with E-state index in [0.29, 0.717) is 48.3 Å². The van der Waals surface area contributed by atoms with Crippen molar-refractivity contribution in [1.29, 1.82) is 0 Å². The van der Waals surface area contributed by atoms with Crippen molar-refractivity contribution >= 4 is 41.2 Å². The minimum atomic E-state index is -1.34. The minimum absolute atomic E-state index is 0.358. The lowest BCUT2D eigenvalue weighted by Gasteiger charge is -2.35. The zero-order valence-corrected chi connectivity index (χ0v) is 22.7. The van der Waals surface area contributed by atoms with E-state index in [9.17, 15) is 9.50 Å². The summed E-state index contributed by atoms with van der Waals surface area (Å²) in [5.74, 6) is 0.976. The van der Waals surface area contributed by atoms with Gasteiger partial charge < -0.3 is 14.9 Å². The second-order valence-corrected chi connectivity index (χ2v) is 9.96. The maximum atomic E-state index is 13.3. The van der Waals surface area contributed by atoms with Gasteiger partial charge >= 0.3 is 0 Å². The third kappa shape index (κ3) is 5.15. The first-order chi connectivity index (χ1) is 18.7. The van der Waals surface area contributed by atoms with Gasteiger partial charge in [-0.05, 0) is 37.1 Å². The lowest BCUT2D eigenvalue weighted by atomic mass is 9.90. The molecule has 0 bridgehead atoms. The van der Waals surface area contributed by atoms with E-state index in [4.69, 9.17) is 11.6 Å². The average Bonchev–Trinajstić information content (AvgIpc) is 3.30. The molecule has 4 aromatic rings. The van der Waals surface area contributed by atoms with Gasteiger partial charge in [-0.25, -0.2) is 23.9 Å². The number of hydrogen-bond acceptors (Lipinski definition) is 9. The highest BCUT2D eigenvalue weighted by Crippen LogP contribution is 2.34. The van der Waals surface area contributed by atoms with Crippen LogP contribution in [0, 0.1) is 5.82 Å². The van der Waals surface area contributed by atoms with Crippen LogP contribution >= 0.6 is 11.6 Å². The summed E-state index contributed by atoms with van der Waals surface area (Å²) < 4.78 is 15.1. The Morgan fingerprint density at radius 3 is 2.38 bits per heavy atom. The number of fused-ring (bicyclic) bond motifs is 1. The number of piperazine rings is 1. The second kappa shape index (κ2) is 10.6. The fraction of sp³-hybridized carbons (Fsp3) is 0.296. The van der Waals surface area contributed by atoms with Gasteiger partial charge in [-0.1, -0.05) is 23.7 Å². The summed E-state index contributed by atoms with van der Waals surface area (Å²) in [4.78, 5) is 17.9. The molecule has 12 heteroatoms. The van der Waals surface area contributed by atoms with Crippen molar-refractivity contribution in [3.63, 3.8) is 0 Å². The first kappa shape index (κ1) is 26.5. The number of halogens is 2. The van der Waals surface area contributed by atoms with Crippen LogP contribution < -0.4 is 9.80 Å². The zero-order valence-electron chi connectivity index (χ0n) is 22.0. The molecule has 5 rings (SSSR count). The molecule has 202 valence electrons. The Morgan fingerprint density at radius 2 is 1.74 bits per heavy atom. The molecule has 1 aliphatic heterocycles. The highest BCUT2D eigenvalue weighted by atomic mass is 35.5. The van der Waals surface area contributed by atoms with Gasteiger partial charge in [0, 0.05) is 75.9 Å².